The number of aliphatic hydroxyl groups excluding tert-OH is 1. The molecular weight excluding hydrogens is 246 g/mol. The SMILES string of the molecule is CSc1cccc(NCC(O)COCC(C)C)c1. The van der Waals surface area contributed by atoms with Crippen LogP contribution in [-0.4, -0.2) is 37.2 Å². The molecule has 1 aromatic rings. The van der Waals surface area contributed by atoms with E-state index in [1.165, 1.54) is 4.90 Å². The highest BCUT2D eigenvalue weighted by Crippen LogP contribution is 2.18. The van der Waals surface area contributed by atoms with Crippen molar-refractivity contribution in [3.63, 3.8) is 0 Å². The molecule has 0 radical (unpaired) electrons. The molecule has 4 heteroatoms. The van der Waals surface area contributed by atoms with E-state index in [0.717, 1.165) is 5.69 Å². The largest absolute Gasteiger partial charge is 0.389 e. The Labute approximate surface area is 114 Å². The summed E-state index contributed by atoms with van der Waals surface area (Å²) in [5.74, 6) is 0.503. The molecule has 18 heavy (non-hydrogen) atoms. The van der Waals surface area contributed by atoms with Crippen LogP contribution in [0.3, 0.4) is 0 Å². The number of ether oxygens (including phenoxy) is 1. The van der Waals surface area contributed by atoms with Gasteiger partial charge in [-0.05, 0) is 30.4 Å². The minimum absolute atomic E-state index is 0.382. The van der Waals surface area contributed by atoms with Crippen LogP contribution >= 0.6 is 11.8 Å². The highest BCUT2D eigenvalue weighted by Gasteiger charge is 2.05. The molecule has 0 saturated heterocycles. The molecule has 1 aromatic carbocycles. The van der Waals surface area contributed by atoms with Gasteiger partial charge in [0.2, 0.25) is 0 Å². The first-order valence-corrected chi connectivity index (χ1v) is 7.48. The zero-order valence-electron chi connectivity index (χ0n) is 11.3. The van der Waals surface area contributed by atoms with Crippen molar-refractivity contribution in [1.29, 1.82) is 0 Å². The van der Waals surface area contributed by atoms with Crippen molar-refractivity contribution >= 4 is 17.4 Å². The summed E-state index contributed by atoms with van der Waals surface area (Å²) in [4.78, 5) is 1.21. The molecule has 0 heterocycles. The van der Waals surface area contributed by atoms with Crippen molar-refractivity contribution < 1.29 is 9.84 Å². The van der Waals surface area contributed by atoms with Crippen LogP contribution in [0.15, 0.2) is 29.2 Å². The van der Waals surface area contributed by atoms with E-state index in [1.807, 2.05) is 18.4 Å². The molecule has 0 aromatic heterocycles. The van der Waals surface area contributed by atoms with Gasteiger partial charge >= 0.3 is 0 Å². The molecule has 0 amide bonds. The predicted octanol–water partition coefficient (Wildman–Crippen LogP) is 2.85. The first-order chi connectivity index (χ1) is 8.61. The third kappa shape index (κ3) is 6.28. The summed E-state index contributed by atoms with van der Waals surface area (Å²) in [6, 6.07) is 8.15. The van der Waals surface area contributed by atoms with Crippen molar-refractivity contribution in [1.82, 2.24) is 0 Å². The van der Waals surface area contributed by atoms with Crippen LogP contribution in [-0.2, 0) is 4.74 Å². The summed E-state index contributed by atoms with van der Waals surface area (Å²) in [5.41, 5.74) is 1.03. The minimum atomic E-state index is -0.471. The van der Waals surface area contributed by atoms with E-state index < -0.39 is 6.10 Å². The zero-order valence-corrected chi connectivity index (χ0v) is 12.2. The smallest absolute Gasteiger partial charge is 0.0945 e. The Morgan fingerprint density at radius 1 is 1.33 bits per heavy atom. The standard InChI is InChI=1S/C14H23NO2S/c1-11(2)9-17-10-13(16)8-15-12-5-4-6-14(7-12)18-3/h4-7,11,13,15-16H,8-10H2,1-3H3. The Kier molecular flexibility index (Phi) is 7.16. The number of benzene rings is 1. The number of hydrogen-bond donors (Lipinski definition) is 2. The van der Waals surface area contributed by atoms with E-state index in [-0.39, 0.29) is 0 Å². The maximum atomic E-state index is 9.76. The Morgan fingerprint density at radius 3 is 2.78 bits per heavy atom. The highest BCUT2D eigenvalue weighted by atomic mass is 32.2. The second-order valence-corrected chi connectivity index (χ2v) is 5.58. The quantitative estimate of drug-likeness (QED) is 0.712. The lowest BCUT2D eigenvalue weighted by atomic mass is 10.2. The van der Waals surface area contributed by atoms with Crippen LogP contribution in [0.4, 0.5) is 5.69 Å². The van der Waals surface area contributed by atoms with Gasteiger partial charge in [0, 0.05) is 23.7 Å². The fourth-order valence-electron chi connectivity index (χ4n) is 1.47. The normalized spacial score (nSPS) is 12.7. The molecule has 1 unspecified atom stereocenters. The number of rotatable bonds is 8. The van der Waals surface area contributed by atoms with E-state index in [9.17, 15) is 5.11 Å². The van der Waals surface area contributed by atoms with Crippen LogP contribution in [0, 0.1) is 5.92 Å². The fourth-order valence-corrected chi connectivity index (χ4v) is 1.93. The van der Waals surface area contributed by atoms with Crippen molar-refractivity contribution in [2.24, 2.45) is 5.92 Å². The number of nitrogens with one attached hydrogen (secondary N) is 1. The third-order valence-corrected chi connectivity index (χ3v) is 3.10. The topological polar surface area (TPSA) is 41.5 Å². The minimum Gasteiger partial charge on any atom is -0.389 e. The van der Waals surface area contributed by atoms with Gasteiger partial charge in [0.25, 0.3) is 0 Å². The predicted molar refractivity (Wildman–Crippen MR) is 78.4 cm³/mol. The van der Waals surface area contributed by atoms with Crippen LogP contribution < -0.4 is 5.32 Å². The average Bonchev–Trinajstić information content (AvgIpc) is 2.36. The molecule has 0 spiro atoms. The molecule has 0 aliphatic heterocycles. The van der Waals surface area contributed by atoms with Crippen molar-refractivity contribution in [3.05, 3.63) is 24.3 Å². The van der Waals surface area contributed by atoms with E-state index in [0.29, 0.717) is 25.7 Å². The summed E-state index contributed by atoms with van der Waals surface area (Å²) in [6.45, 7) is 5.78. The zero-order chi connectivity index (χ0) is 13.4. The van der Waals surface area contributed by atoms with Crippen molar-refractivity contribution in [3.8, 4) is 0 Å². The molecular formula is C14H23NO2S. The van der Waals surface area contributed by atoms with Gasteiger partial charge in [-0.15, -0.1) is 11.8 Å². The molecule has 1 atom stereocenters. The van der Waals surface area contributed by atoms with Crippen molar-refractivity contribution in [2.45, 2.75) is 24.8 Å². The monoisotopic (exact) mass is 269 g/mol. The lowest BCUT2D eigenvalue weighted by Crippen LogP contribution is -2.25. The molecule has 0 aliphatic rings. The van der Waals surface area contributed by atoms with Crippen LogP contribution in [0.1, 0.15) is 13.8 Å². The van der Waals surface area contributed by atoms with Gasteiger partial charge in [-0.1, -0.05) is 19.9 Å². The van der Waals surface area contributed by atoms with Gasteiger partial charge in [0.05, 0.1) is 12.7 Å². The van der Waals surface area contributed by atoms with Gasteiger partial charge < -0.3 is 15.2 Å². The summed E-state index contributed by atoms with van der Waals surface area (Å²) in [6.07, 6.45) is 1.58. The van der Waals surface area contributed by atoms with Crippen molar-refractivity contribution in [2.75, 3.05) is 31.3 Å². The second-order valence-electron chi connectivity index (χ2n) is 4.70. The maximum absolute atomic E-state index is 9.76. The highest BCUT2D eigenvalue weighted by molar-refractivity contribution is 7.98. The lowest BCUT2D eigenvalue weighted by molar-refractivity contribution is 0.0318. The molecule has 1 rings (SSSR count). The van der Waals surface area contributed by atoms with E-state index in [4.69, 9.17) is 4.74 Å². The van der Waals surface area contributed by atoms with Crippen LogP contribution in [0.2, 0.25) is 0 Å². The third-order valence-electron chi connectivity index (χ3n) is 2.37. The van der Waals surface area contributed by atoms with E-state index in [2.05, 4.69) is 31.3 Å². The van der Waals surface area contributed by atoms with Gasteiger partial charge in [-0.3, -0.25) is 0 Å². The molecule has 102 valence electrons. The number of aliphatic hydroxyl groups is 1. The molecule has 0 aliphatic carbocycles. The molecule has 2 N–H and O–H groups in total. The van der Waals surface area contributed by atoms with E-state index in [1.54, 1.807) is 11.8 Å². The first-order valence-electron chi connectivity index (χ1n) is 6.25. The average molecular weight is 269 g/mol. The van der Waals surface area contributed by atoms with Gasteiger partial charge in [0.15, 0.2) is 0 Å². The fraction of sp³-hybridized carbons (Fsp3) is 0.571. The molecule has 0 bridgehead atoms. The number of thioether (sulfide) groups is 1. The Hall–Kier alpha value is -0.710. The number of hydrogen-bond acceptors (Lipinski definition) is 4. The van der Waals surface area contributed by atoms with Gasteiger partial charge in [0.1, 0.15) is 0 Å². The lowest BCUT2D eigenvalue weighted by Gasteiger charge is -2.14. The van der Waals surface area contributed by atoms with E-state index >= 15 is 0 Å². The summed E-state index contributed by atoms with van der Waals surface area (Å²) in [7, 11) is 0. The Morgan fingerprint density at radius 2 is 2.11 bits per heavy atom. The molecule has 3 nitrogen and oxygen atoms in total. The second kappa shape index (κ2) is 8.40. The summed E-state index contributed by atoms with van der Waals surface area (Å²) in [5, 5.41) is 13.0. The molecule has 0 fully saturated rings. The number of anilines is 1. The first kappa shape index (κ1) is 15.3. The van der Waals surface area contributed by atoms with Gasteiger partial charge in [-0.2, -0.15) is 0 Å². The Bertz CT molecular complexity index is 344. The molecule has 0 saturated carbocycles. The van der Waals surface area contributed by atoms with Gasteiger partial charge in [-0.25, -0.2) is 0 Å². The van der Waals surface area contributed by atoms with Crippen LogP contribution in [0.5, 0.6) is 0 Å². The summed E-state index contributed by atoms with van der Waals surface area (Å²) < 4.78 is 5.40. The maximum Gasteiger partial charge on any atom is 0.0945 e. The summed E-state index contributed by atoms with van der Waals surface area (Å²) >= 11 is 1.71. The van der Waals surface area contributed by atoms with Crippen LogP contribution in [0.25, 0.3) is 0 Å². The Balaban J connectivity index is 2.26.